The van der Waals surface area contributed by atoms with Crippen molar-refractivity contribution in [1.29, 1.82) is 0 Å². The minimum atomic E-state index is 0.958. The summed E-state index contributed by atoms with van der Waals surface area (Å²) in [7, 11) is 3.85. The van der Waals surface area contributed by atoms with Crippen LogP contribution >= 0.6 is 0 Å². The van der Waals surface area contributed by atoms with Gasteiger partial charge in [0.1, 0.15) is 0 Å². The van der Waals surface area contributed by atoms with Crippen LogP contribution < -0.4 is 11.3 Å². The Morgan fingerprint density at radius 2 is 2.00 bits per heavy atom. The molecule has 42 valence electrons. The third-order valence-corrected chi connectivity index (χ3v) is 0.880. The Labute approximate surface area is 43.8 Å². The van der Waals surface area contributed by atoms with Gasteiger partial charge in [-0.25, -0.2) is 5.43 Å². The molecule has 0 amide bonds. The van der Waals surface area contributed by atoms with E-state index in [0.29, 0.717) is 0 Å². The molecule has 0 aromatic carbocycles. The van der Waals surface area contributed by atoms with Gasteiger partial charge in [0.05, 0.1) is 14.1 Å². The van der Waals surface area contributed by atoms with Gasteiger partial charge in [0.15, 0.2) is 0 Å². The van der Waals surface area contributed by atoms with Crippen LogP contribution in [-0.4, -0.2) is 24.5 Å². The molecule has 3 heteroatoms. The molecule has 0 aliphatic heterocycles. The number of amidine groups is 1. The van der Waals surface area contributed by atoms with Crippen molar-refractivity contribution in [3.05, 3.63) is 0 Å². The first-order valence-corrected chi connectivity index (χ1v) is 2.16. The molecule has 3 nitrogen and oxygen atoms in total. The van der Waals surface area contributed by atoms with E-state index in [4.69, 9.17) is 5.84 Å². The highest BCUT2D eigenvalue weighted by Crippen LogP contribution is 1.58. The molecule has 0 atom stereocenters. The van der Waals surface area contributed by atoms with Crippen LogP contribution in [0.3, 0.4) is 0 Å². The summed E-state index contributed by atoms with van der Waals surface area (Å²) in [4.78, 5) is 0. The topological polar surface area (TPSA) is 41.1 Å². The fourth-order valence-electron chi connectivity index (χ4n) is 0.129. The normalized spacial score (nSPS) is 8.00. The Kier molecular flexibility index (Phi) is 2.37. The first kappa shape index (κ1) is 6.43. The fraction of sp³-hybridized carbons (Fsp3) is 0.750. The second kappa shape index (κ2) is 2.58. The summed E-state index contributed by atoms with van der Waals surface area (Å²) in [5.41, 5.74) is 2.51. The number of nitrogens with one attached hydrogen (secondary N) is 1. The van der Waals surface area contributed by atoms with Crippen LogP contribution in [0.1, 0.15) is 6.92 Å². The SMILES string of the molecule is CC(NN)=[N+](C)C. The molecule has 0 aliphatic carbocycles. The lowest BCUT2D eigenvalue weighted by Gasteiger charge is -1.91. The molecule has 7 heavy (non-hydrogen) atoms. The number of hydrogen-bond donors (Lipinski definition) is 2. The van der Waals surface area contributed by atoms with Crippen LogP contribution in [-0.2, 0) is 0 Å². The van der Waals surface area contributed by atoms with Gasteiger partial charge in [0.25, 0.3) is 5.84 Å². The average Bonchev–Trinajstić information content (AvgIpc) is 1.65. The minimum Gasteiger partial charge on any atom is -0.270 e. The standard InChI is InChI=1S/C4H11N3/c1-4(6-5)7(2)3/h5H2,1-3H3/p+1. The van der Waals surface area contributed by atoms with Crippen LogP contribution in [0.25, 0.3) is 0 Å². The van der Waals surface area contributed by atoms with E-state index in [-0.39, 0.29) is 0 Å². The van der Waals surface area contributed by atoms with E-state index < -0.39 is 0 Å². The summed E-state index contributed by atoms with van der Waals surface area (Å²) in [6.07, 6.45) is 0. The lowest BCUT2D eigenvalue weighted by molar-refractivity contribution is -0.467. The summed E-state index contributed by atoms with van der Waals surface area (Å²) in [5.74, 6) is 6.00. The van der Waals surface area contributed by atoms with Crippen molar-refractivity contribution in [2.45, 2.75) is 6.92 Å². The zero-order valence-electron chi connectivity index (χ0n) is 5.02. The molecule has 0 saturated carbocycles. The number of hydrogen-bond acceptors (Lipinski definition) is 1. The lowest BCUT2D eigenvalue weighted by Crippen LogP contribution is -2.33. The van der Waals surface area contributed by atoms with Gasteiger partial charge >= 0.3 is 0 Å². The number of nitrogens with zero attached hydrogens (tertiary/aromatic N) is 1. The van der Waals surface area contributed by atoms with Gasteiger partial charge in [-0.05, 0) is 0 Å². The molecule has 0 rings (SSSR count). The van der Waals surface area contributed by atoms with Crippen molar-refractivity contribution in [2.75, 3.05) is 14.1 Å². The Balaban J connectivity index is 3.72. The highest BCUT2D eigenvalue weighted by atomic mass is 15.3. The molecule has 0 heterocycles. The third kappa shape index (κ3) is 2.17. The third-order valence-electron chi connectivity index (χ3n) is 0.880. The van der Waals surface area contributed by atoms with E-state index in [1.54, 1.807) is 0 Å². The van der Waals surface area contributed by atoms with Crippen LogP contribution in [0.4, 0.5) is 0 Å². The van der Waals surface area contributed by atoms with Gasteiger partial charge in [-0.3, -0.25) is 4.58 Å². The Bertz CT molecular complexity index is 80.9. The van der Waals surface area contributed by atoms with Gasteiger partial charge in [-0.15, -0.1) is 0 Å². The van der Waals surface area contributed by atoms with Crippen molar-refractivity contribution in [1.82, 2.24) is 5.43 Å². The number of hydrazine groups is 1. The predicted octanol–water partition coefficient (Wildman–Crippen LogP) is -0.860. The van der Waals surface area contributed by atoms with E-state index in [0.717, 1.165) is 5.84 Å². The quantitative estimate of drug-likeness (QED) is 0.137. The molecular weight excluding hydrogens is 90.1 g/mol. The number of rotatable bonds is 0. The summed E-state index contributed by atoms with van der Waals surface area (Å²) >= 11 is 0. The zero-order valence-corrected chi connectivity index (χ0v) is 5.02. The first-order valence-electron chi connectivity index (χ1n) is 2.16. The largest absolute Gasteiger partial charge is 0.270 e. The first-order chi connectivity index (χ1) is 3.18. The summed E-state index contributed by atoms with van der Waals surface area (Å²) in [6, 6.07) is 0. The smallest absolute Gasteiger partial charge is 0.259 e. The Morgan fingerprint density at radius 3 is 2.00 bits per heavy atom. The molecule has 0 aliphatic rings. The van der Waals surface area contributed by atoms with E-state index in [1.165, 1.54) is 0 Å². The molecule has 0 bridgehead atoms. The second-order valence-electron chi connectivity index (χ2n) is 1.62. The maximum absolute atomic E-state index is 5.04. The van der Waals surface area contributed by atoms with Gasteiger partial charge in [-0.1, -0.05) is 0 Å². The predicted molar refractivity (Wildman–Crippen MR) is 30.1 cm³/mol. The van der Waals surface area contributed by atoms with Crippen molar-refractivity contribution in [3.8, 4) is 0 Å². The second-order valence-corrected chi connectivity index (χ2v) is 1.62. The van der Waals surface area contributed by atoms with Gasteiger partial charge in [-0.2, -0.15) is 5.84 Å². The number of nitrogens with two attached hydrogens (primary N) is 1. The summed E-state index contributed by atoms with van der Waals surface area (Å²) in [5, 5.41) is 0. The van der Waals surface area contributed by atoms with E-state index in [1.807, 2.05) is 25.6 Å². The summed E-state index contributed by atoms with van der Waals surface area (Å²) in [6.45, 7) is 1.90. The highest BCUT2D eigenvalue weighted by Gasteiger charge is 1.89. The molecule has 0 aromatic rings. The molecule has 0 saturated heterocycles. The van der Waals surface area contributed by atoms with Crippen molar-refractivity contribution >= 4 is 5.84 Å². The molecule has 0 aromatic heterocycles. The van der Waals surface area contributed by atoms with Gasteiger partial charge in [0.2, 0.25) is 0 Å². The highest BCUT2D eigenvalue weighted by molar-refractivity contribution is 5.73. The van der Waals surface area contributed by atoms with E-state index in [2.05, 4.69) is 5.43 Å². The monoisotopic (exact) mass is 102 g/mol. The average molecular weight is 102 g/mol. The maximum atomic E-state index is 5.04. The van der Waals surface area contributed by atoms with Crippen molar-refractivity contribution in [2.24, 2.45) is 5.84 Å². The van der Waals surface area contributed by atoms with Crippen LogP contribution in [0.15, 0.2) is 0 Å². The lowest BCUT2D eigenvalue weighted by atomic mass is 10.7. The van der Waals surface area contributed by atoms with Crippen molar-refractivity contribution < 1.29 is 4.58 Å². The van der Waals surface area contributed by atoms with Gasteiger partial charge in [0, 0.05) is 6.92 Å². The molecular formula is C4H12N3+. The van der Waals surface area contributed by atoms with Crippen molar-refractivity contribution in [3.63, 3.8) is 0 Å². The Morgan fingerprint density at radius 1 is 1.57 bits per heavy atom. The fourth-order valence-corrected chi connectivity index (χ4v) is 0.129. The molecule has 0 unspecified atom stereocenters. The van der Waals surface area contributed by atoms with Crippen LogP contribution in [0.2, 0.25) is 0 Å². The Hall–Kier alpha value is -0.570. The van der Waals surface area contributed by atoms with Crippen LogP contribution in [0.5, 0.6) is 0 Å². The van der Waals surface area contributed by atoms with Gasteiger partial charge < -0.3 is 0 Å². The van der Waals surface area contributed by atoms with E-state index in [9.17, 15) is 0 Å². The van der Waals surface area contributed by atoms with E-state index >= 15 is 0 Å². The maximum Gasteiger partial charge on any atom is 0.259 e. The molecule has 0 fully saturated rings. The summed E-state index contributed by atoms with van der Waals surface area (Å²) < 4.78 is 1.90. The minimum absolute atomic E-state index is 0.958. The zero-order chi connectivity index (χ0) is 5.86. The molecule has 0 spiro atoms. The van der Waals surface area contributed by atoms with Crippen LogP contribution in [0, 0.1) is 0 Å². The molecule has 0 radical (unpaired) electrons. The molecule has 3 N–H and O–H groups in total.